The van der Waals surface area contributed by atoms with Crippen LogP contribution in [0.25, 0.3) is 5.57 Å². The molecule has 0 heterocycles. The number of hydrogen-bond acceptors (Lipinski definition) is 4. The maximum Gasteiger partial charge on any atom is 0.200 e. The fraction of sp³-hybridized carbons (Fsp3) is 0.185. The number of ether oxygens (including phenoxy) is 1. The molecule has 4 nitrogen and oxygen atoms in total. The minimum Gasteiger partial charge on any atom is -0.848 e. The number of aliphatic hydroxyl groups excluding tert-OH is 1. The van der Waals surface area contributed by atoms with Crippen LogP contribution < -0.4 is 10.0 Å². The van der Waals surface area contributed by atoms with Gasteiger partial charge in [0.25, 0.3) is 0 Å². The largest absolute Gasteiger partial charge is 0.848 e. The van der Waals surface area contributed by atoms with Crippen LogP contribution in [0.2, 0.25) is 0 Å². The first-order chi connectivity index (χ1) is 15.0. The van der Waals surface area contributed by atoms with Crippen LogP contribution in [0.4, 0.5) is 5.69 Å². The fourth-order valence-corrected chi connectivity index (χ4v) is 3.83. The minimum absolute atomic E-state index is 0.180. The normalized spacial score (nSPS) is 21.3. The minimum atomic E-state index is -0.967. The molecular formula is C27H26NO3+. The molecule has 0 fully saturated rings. The summed E-state index contributed by atoms with van der Waals surface area (Å²) >= 11 is 0. The van der Waals surface area contributed by atoms with Crippen molar-refractivity contribution in [2.75, 3.05) is 26.1 Å². The molecule has 2 unspecified atom stereocenters. The third-order valence-electron chi connectivity index (χ3n) is 5.73. The molecule has 2 aromatic carbocycles. The standard InChI is InChI=1S/C27H25NO3/c1-28(2)22-14-12-21(13-15-22)25-26(29)24(27(25)30)20-10-6-18(7-11-20)4-5-19-8-16-23(31-3)17-9-19/h4-17,24,26H,1-3H3/p+1. The van der Waals surface area contributed by atoms with E-state index in [0.29, 0.717) is 5.57 Å². The molecule has 0 saturated heterocycles. The number of rotatable bonds is 6. The Labute approximate surface area is 184 Å². The van der Waals surface area contributed by atoms with Gasteiger partial charge in [-0.15, -0.1) is 0 Å². The van der Waals surface area contributed by atoms with Crippen LogP contribution in [-0.2, 0) is 4.74 Å². The fourth-order valence-electron chi connectivity index (χ4n) is 3.83. The summed E-state index contributed by atoms with van der Waals surface area (Å²) in [5.74, 6) is 0.511. The first kappa shape index (κ1) is 20.8. The molecular weight excluding hydrogens is 386 g/mol. The van der Waals surface area contributed by atoms with E-state index in [4.69, 9.17) is 4.74 Å². The van der Waals surface area contributed by atoms with Crippen LogP contribution in [0, 0.1) is 12.8 Å². The zero-order chi connectivity index (χ0) is 22.0. The second-order valence-electron chi connectivity index (χ2n) is 7.91. The van der Waals surface area contributed by atoms with E-state index in [2.05, 4.69) is 0 Å². The summed E-state index contributed by atoms with van der Waals surface area (Å²) in [6.45, 7) is 0. The van der Waals surface area contributed by atoms with E-state index in [-0.39, 0.29) is 5.76 Å². The first-order valence-corrected chi connectivity index (χ1v) is 10.3. The van der Waals surface area contributed by atoms with Crippen molar-refractivity contribution in [2.45, 2.75) is 12.0 Å². The zero-order valence-electron chi connectivity index (χ0n) is 17.9. The van der Waals surface area contributed by atoms with Crippen LogP contribution in [0.1, 0.15) is 22.6 Å². The predicted octanol–water partition coefficient (Wildman–Crippen LogP) is 4.33. The maximum absolute atomic E-state index is 12.9. The Bertz CT molecular complexity index is 1060. The van der Waals surface area contributed by atoms with Crippen LogP contribution in [0.3, 0.4) is 0 Å². The molecule has 0 aromatic heterocycles. The Hall–Kier alpha value is -3.50. The third-order valence-corrected chi connectivity index (χ3v) is 5.73. The highest BCUT2D eigenvalue weighted by Crippen LogP contribution is 2.45. The van der Waals surface area contributed by atoms with E-state index in [0.717, 1.165) is 33.7 Å². The second-order valence-corrected chi connectivity index (χ2v) is 7.91. The molecule has 0 bridgehead atoms. The first-order valence-electron chi connectivity index (χ1n) is 10.3. The maximum atomic E-state index is 12.9. The van der Waals surface area contributed by atoms with Gasteiger partial charge in [-0.2, -0.15) is 0 Å². The van der Waals surface area contributed by atoms with E-state index in [1.165, 1.54) is 0 Å². The Kier molecular flexibility index (Phi) is 5.83. The van der Waals surface area contributed by atoms with Gasteiger partial charge in [-0.3, -0.25) is 0 Å². The molecule has 0 radical (unpaired) electrons. The molecule has 0 aliphatic heterocycles. The molecule has 4 rings (SSSR count). The summed E-state index contributed by atoms with van der Waals surface area (Å²) < 4.78 is 5.18. The van der Waals surface area contributed by atoms with Crippen molar-refractivity contribution in [2.24, 2.45) is 0 Å². The van der Waals surface area contributed by atoms with Gasteiger partial charge in [-0.25, -0.2) is 0 Å². The van der Waals surface area contributed by atoms with Crippen LogP contribution >= 0.6 is 0 Å². The van der Waals surface area contributed by atoms with E-state index < -0.39 is 12.0 Å². The molecule has 2 aromatic rings. The van der Waals surface area contributed by atoms with Crippen molar-refractivity contribution < 1.29 is 14.9 Å². The summed E-state index contributed by atoms with van der Waals surface area (Å²) in [7, 11) is 5.59. The highest BCUT2D eigenvalue weighted by Gasteiger charge is 2.35. The van der Waals surface area contributed by atoms with Gasteiger partial charge in [-0.1, -0.05) is 18.2 Å². The molecule has 0 saturated carbocycles. The van der Waals surface area contributed by atoms with Crippen molar-refractivity contribution in [1.82, 2.24) is 0 Å². The van der Waals surface area contributed by atoms with Gasteiger partial charge in [0.2, 0.25) is 0 Å². The average Bonchev–Trinajstić information content (AvgIpc) is 2.79. The number of anilines is 1. The zero-order valence-corrected chi connectivity index (χ0v) is 17.9. The van der Waals surface area contributed by atoms with Crippen molar-refractivity contribution in [3.63, 3.8) is 0 Å². The second kappa shape index (κ2) is 8.70. The summed E-state index contributed by atoms with van der Waals surface area (Å²) in [5.41, 5.74) is 5.30. The molecule has 4 heteroatoms. The molecule has 0 spiro atoms. The highest BCUT2D eigenvalue weighted by atomic mass is 16.5. The van der Waals surface area contributed by atoms with Crippen LogP contribution in [-0.4, -0.2) is 32.4 Å². The van der Waals surface area contributed by atoms with Crippen LogP contribution in [0.15, 0.2) is 89.9 Å². The van der Waals surface area contributed by atoms with Crippen molar-refractivity contribution >= 4 is 11.3 Å². The van der Waals surface area contributed by atoms with Gasteiger partial charge in [0.05, 0.1) is 38.2 Å². The molecule has 156 valence electrons. The van der Waals surface area contributed by atoms with Gasteiger partial charge in [-0.05, 0) is 41.0 Å². The SMILES string of the molecule is COC1=C[CH+]C(=C[CH+]c2ccc(C3C(O)=C(c4ccc(N(C)C)cc4)C3[O-])cc2)C=C1. The smallest absolute Gasteiger partial charge is 0.200 e. The van der Waals surface area contributed by atoms with Gasteiger partial charge in [0.1, 0.15) is 17.4 Å². The molecule has 1 N–H and O–H groups in total. The van der Waals surface area contributed by atoms with E-state index in [1.54, 1.807) is 7.11 Å². The lowest BCUT2D eigenvalue weighted by molar-refractivity contribution is -0.409. The Morgan fingerprint density at radius 3 is 2.32 bits per heavy atom. The average molecular weight is 413 g/mol. The summed E-state index contributed by atoms with van der Waals surface area (Å²) in [4.78, 5) is 2.00. The Morgan fingerprint density at radius 2 is 1.77 bits per heavy atom. The van der Waals surface area contributed by atoms with Crippen molar-refractivity contribution in [3.05, 3.63) is 119 Å². The number of nitrogens with zero attached hydrogens (tertiary/aromatic N) is 1. The predicted molar refractivity (Wildman–Crippen MR) is 123 cm³/mol. The monoisotopic (exact) mass is 412 g/mol. The van der Waals surface area contributed by atoms with Gasteiger partial charge < -0.3 is 19.8 Å². The Balaban J connectivity index is 1.44. The third kappa shape index (κ3) is 4.21. The molecule has 2 aliphatic rings. The van der Waals surface area contributed by atoms with E-state index in [1.807, 2.05) is 105 Å². The van der Waals surface area contributed by atoms with Crippen LogP contribution in [0.5, 0.6) is 0 Å². The molecule has 31 heavy (non-hydrogen) atoms. The van der Waals surface area contributed by atoms with E-state index >= 15 is 0 Å². The highest BCUT2D eigenvalue weighted by molar-refractivity contribution is 5.79. The van der Waals surface area contributed by atoms with Crippen molar-refractivity contribution in [1.29, 1.82) is 0 Å². The lowest BCUT2D eigenvalue weighted by Crippen LogP contribution is -2.43. The number of methoxy groups -OCH3 is 1. The summed E-state index contributed by atoms with van der Waals surface area (Å²) in [6, 6.07) is 15.5. The topological polar surface area (TPSA) is 55.8 Å². The Morgan fingerprint density at radius 1 is 1.06 bits per heavy atom. The molecule has 2 aliphatic carbocycles. The number of aliphatic hydroxyl groups is 1. The molecule has 2 atom stereocenters. The lowest BCUT2D eigenvalue weighted by Gasteiger charge is -2.44. The quantitative estimate of drug-likeness (QED) is 0.718. The lowest BCUT2D eigenvalue weighted by atomic mass is 9.73. The summed E-state index contributed by atoms with van der Waals surface area (Å²) in [5, 5.41) is 23.5. The number of allylic oxidation sites excluding steroid dienone is 5. The number of hydrogen-bond donors (Lipinski definition) is 1. The van der Waals surface area contributed by atoms with E-state index in [9.17, 15) is 10.2 Å². The van der Waals surface area contributed by atoms with Crippen molar-refractivity contribution in [3.8, 4) is 0 Å². The van der Waals surface area contributed by atoms with Gasteiger partial charge in [0, 0.05) is 37.8 Å². The van der Waals surface area contributed by atoms with Gasteiger partial charge >= 0.3 is 0 Å². The summed E-state index contributed by atoms with van der Waals surface area (Å²) in [6.07, 6.45) is 10.9. The molecule has 0 amide bonds. The van der Waals surface area contributed by atoms with Gasteiger partial charge in [0.15, 0.2) is 11.3 Å². The number of benzene rings is 2.